The lowest BCUT2D eigenvalue weighted by Gasteiger charge is -2.24. The minimum Gasteiger partial charge on any atom is -0.303 e. The number of hydrogen-bond acceptors (Lipinski definition) is 1. The highest BCUT2D eigenvalue weighted by Crippen LogP contribution is 2.29. The quantitative estimate of drug-likeness (QED) is 0.613. The number of benzene rings is 2. The monoisotopic (exact) mass is 385 g/mol. The van der Waals surface area contributed by atoms with Crippen LogP contribution < -0.4 is 5.32 Å². The van der Waals surface area contributed by atoms with Crippen LogP contribution in [0.15, 0.2) is 46.9 Å². The molecule has 21 heavy (non-hydrogen) atoms. The normalized spacial score (nSPS) is 14.0. The van der Waals surface area contributed by atoms with Gasteiger partial charge >= 0.3 is 0 Å². The van der Waals surface area contributed by atoms with E-state index in [-0.39, 0.29) is 12.1 Å². The molecule has 1 N–H and O–H groups in total. The summed E-state index contributed by atoms with van der Waals surface area (Å²) in [5.41, 5.74) is 2.30. The molecule has 112 valence electrons. The maximum atomic E-state index is 6.33. The van der Waals surface area contributed by atoms with E-state index in [0.717, 1.165) is 26.5 Å². The molecule has 0 aliphatic heterocycles. The maximum absolute atomic E-state index is 6.33. The number of hydrogen-bond donors (Lipinski definition) is 1. The molecule has 0 bridgehead atoms. The first-order valence-corrected chi connectivity index (χ1v) is 8.52. The van der Waals surface area contributed by atoms with Gasteiger partial charge in [-0.25, -0.2) is 0 Å². The van der Waals surface area contributed by atoms with Crippen molar-refractivity contribution in [3.63, 3.8) is 0 Å². The van der Waals surface area contributed by atoms with Crippen molar-refractivity contribution < 1.29 is 0 Å². The van der Waals surface area contributed by atoms with Gasteiger partial charge in [0.1, 0.15) is 0 Å². The topological polar surface area (TPSA) is 12.0 Å². The molecule has 0 saturated heterocycles. The molecule has 0 aliphatic rings. The molecule has 0 aliphatic carbocycles. The van der Waals surface area contributed by atoms with Crippen LogP contribution in [0.3, 0.4) is 0 Å². The summed E-state index contributed by atoms with van der Waals surface area (Å²) in [7, 11) is 0. The predicted octanol–water partition coefficient (Wildman–Crippen LogP) is 6.56. The van der Waals surface area contributed by atoms with Gasteiger partial charge in [0.05, 0.1) is 0 Å². The smallest absolute Gasteiger partial charge is 0.0464 e. The maximum Gasteiger partial charge on any atom is 0.0464 e. The van der Waals surface area contributed by atoms with E-state index in [1.54, 1.807) is 0 Å². The Morgan fingerprint density at radius 3 is 2.52 bits per heavy atom. The van der Waals surface area contributed by atoms with Crippen LogP contribution in [-0.4, -0.2) is 0 Å². The Labute approximate surface area is 144 Å². The lowest BCUT2D eigenvalue weighted by Crippen LogP contribution is -2.24. The molecule has 0 spiro atoms. The van der Waals surface area contributed by atoms with Crippen LogP contribution in [0.4, 0.5) is 0 Å². The minimum atomic E-state index is 0.162. The molecule has 2 aromatic rings. The molecule has 0 amide bonds. The van der Waals surface area contributed by atoms with Gasteiger partial charge in [-0.15, -0.1) is 0 Å². The third kappa shape index (κ3) is 4.46. The van der Waals surface area contributed by atoms with Crippen LogP contribution in [0.25, 0.3) is 0 Å². The van der Waals surface area contributed by atoms with Crippen LogP contribution in [0, 0.1) is 0 Å². The van der Waals surface area contributed by atoms with E-state index in [4.69, 9.17) is 23.2 Å². The summed E-state index contributed by atoms with van der Waals surface area (Å²) >= 11 is 15.9. The van der Waals surface area contributed by atoms with E-state index in [9.17, 15) is 0 Å². The molecule has 0 radical (unpaired) electrons. The van der Waals surface area contributed by atoms with Gasteiger partial charge in [0.2, 0.25) is 0 Å². The number of halogens is 3. The number of rotatable bonds is 5. The predicted molar refractivity (Wildman–Crippen MR) is 95.2 cm³/mol. The fourth-order valence-corrected chi connectivity index (χ4v) is 3.45. The fraction of sp³-hybridized carbons (Fsp3) is 0.294. The van der Waals surface area contributed by atoms with E-state index < -0.39 is 0 Å². The molecule has 2 unspecified atom stereocenters. The highest BCUT2D eigenvalue weighted by molar-refractivity contribution is 9.10. The van der Waals surface area contributed by atoms with Crippen LogP contribution in [0.5, 0.6) is 0 Å². The first-order valence-electron chi connectivity index (χ1n) is 6.97. The number of nitrogens with one attached hydrogen (secondary N) is 1. The summed E-state index contributed by atoms with van der Waals surface area (Å²) in [5.74, 6) is 0. The lowest BCUT2D eigenvalue weighted by molar-refractivity contribution is 0.456. The highest BCUT2D eigenvalue weighted by Gasteiger charge is 2.16. The average molecular weight is 387 g/mol. The SMILES string of the molecule is CCC(NC(C)c1ccc(Br)cc1Cl)c1cccc(Cl)c1. The summed E-state index contributed by atoms with van der Waals surface area (Å²) < 4.78 is 0.991. The molecule has 0 fully saturated rings. The van der Waals surface area contributed by atoms with E-state index in [1.165, 1.54) is 5.56 Å². The third-order valence-corrected chi connectivity index (χ3v) is 4.60. The highest BCUT2D eigenvalue weighted by atomic mass is 79.9. The van der Waals surface area contributed by atoms with Crippen LogP contribution >= 0.6 is 39.1 Å². The summed E-state index contributed by atoms with van der Waals surface area (Å²) in [6, 6.07) is 14.4. The first kappa shape index (κ1) is 16.8. The van der Waals surface area contributed by atoms with Gasteiger partial charge in [-0.05, 0) is 48.7 Å². The average Bonchev–Trinajstić information content (AvgIpc) is 2.44. The van der Waals surface area contributed by atoms with E-state index in [1.807, 2.05) is 30.3 Å². The zero-order valence-electron chi connectivity index (χ0n) is 12.0. The Balaban J connectivity index is 2.18. The van der Waals surface area contributed by atoms with Gasteiger partial charge < -0.3 is 5.32 Å². The summed E-state index contributed by atoms with van der Waals surface area (Å²) in [5, 5.41) is 5.16. The second-order valence-electron chi connectivity index (χ2n) is 5.07. The van der Waals surface area contributed by atoms with Crippen LogP contribution in [-0.2, 0) is 0 Å². The Bertz CT molecular complexity index is 615. The molecule has 2 aromatic carbocycles. The molecule has 2 rings (SSSR count). The van der Waals surface area contributed by atoms with Crippen molar-refractivity contribution in [1.82, 2.24) is 5.32 Å². The van der Waals surface area contributed by atoms with Crippen molar-refractivity contribution in [3.05, 3.63) is 68.1 Å². The molecule has 2 atom stereocenters. The van der Waals surface area contributed by atoms with Gasteiger partial charge in [-0.3, -0.25) is 0 Å². The first-order chi connectivity index (χ1) is 10.0. The summed E-state index contributed by atoms with van der Waals surface area (Å²) in [6.45, 7) is 4.29. The van der Waals surface area contributed by atoms with Crippen molar-refractivity contribution in [2.75, 3.05) is 0 Å². The second kappa shape index (κ2) is 7.64. The Kier molecular flexibility index (Phi) is 6.12. The van der Waals surface area contributed by atoms with Crippen molar-refractivity contribution >= 4 is 39.1 Å². The van der Waals surface area contributed by atoms with E-state index in [0.29, 0.717) is 0 Å². The molecule has 0 heterocycles. The van der Waals surface area contributed by atoms with Gasteiger partial charge in [0.25, 0.3) is 0 Å². The van der Waals surface area contributed by atoms with Gasteiger partial charge in [0.15, 0.2) is 0 Å². The molecular formula is C17H18BrCl2N. The lowest BCUT2D eigenvalue weighted by atomic mass is 10.0. The largest absolute Gasteiger partial charge is 0.303 e. The Hall–Kier alpha value is -0.540. The Morgan fingerprint density at radius 1 is 1.14 bits per heavy atom. The van der Waals surface area contributed by atoms with Gasteiger partial charge in [0, 0.05) is 26.6 Å². The van der Waals surface area contributed by atoms with Crippen LogP contribution in [0.2, 0.25) is 10.0 Å². The zero-order valence-corrected chi connectivity index (χ0v) is 15.1. The molecular weight excluding hydrogens is 369 g/mol. The van der Waals surface area contributed by atoms with Crippen molar-refractivity contribution in [1.29, 1.82) is 0 Å². The Morgan fingerprint density at radius 2 is 1.90 bits per heavy atom. The second-order valence-corrected chi connectivity index (χ2v) is 6.83. The molecule has 0 saturated carbocycles. The molecule has 1 nitrogen and oxygen atoms in total. The van der Waals surface area contributed by atoms with Crippen molar-refractivity contribution in [2.45, 2.75) is 32.4 Å². The molecule has 0 aromatic heterocycles. The van der Waals surface area contributed by atoms with Gasteiger partial charge in [-0.1, -0.05) is 64.3 Å². The fourth-order valence-electron chi connectivity index (χ4n) is 2.42. The summed E-state index contributed by atoms with van der Waals surface area (Å²) in [6.07, 6.45) is 0.985. The third-order valence-electron chi connectivity index (χ3n) is 3.54. The van der Waals surface area contributed by atoms with E-state index in [2.05, 4.69) is 47.2 Å². The standard InChI is InChI=1S/C17H18BrCl2N/c1-3-17(12-5-4-6-14(19)9-12)21-11(2)15-8-7-13(18)10-16(15)20/h4-11,17,21H,3H2,1-2H3. The van der Waals surface area contributed by atoms with Gasteiger partial charge in [-0.2, -0.15) is 0 Å². The van der Waals surface area contributed by atoms with Crippen molar-refractivity contribution in [2.24, 2.45) is 0 Å². The van der Waals surface area contributed by atoms with Crippen LogP contribution in [0.1, 0.15) is 43.5 Å². The minimum absolute atomic E-state index is 0.162. The van der Waals surface area contributed by atoms with Crippen molar-refractivity contribution in [3.8, 4) is 0 Å². The molecule has 4 heteroatoms. The summed E-state index contributed by atoms with van der Waals surface area (Å²) in [4.78, 5) is 0. The van der Waals surface area contributed by atoms with E-state index >= 15 is 0 Å². The zero-order chi connectivity index (χ0) is 15.4.